The van der Waals surface area contributed by atoms with Crippen molar-refractivity contribution in [2.24, 2.45) is 5.92 Å². The van der Waals surface area contributed by atoms with Crippen LogP contribution in [0.5, 0.6) is 0 Å². The highest BCUT2D eigenvalue weighted by Gasteiger charge is 2.27. The number of nitrogens with zero attached hydrogens (tertiary/aromatic N) is 1. The summed E-state index contributed by atoms with van der Waals surface area (Å²) in [5.74, 6) is 0.763. The van der Waals surface area contributed by atoms with Gasteiger partial charge in [0.15, 0.2) is 0 Å². The molecule has 0 saturated heterocycles. The Labute approximate surface area is 103 Å². The Morgan fingerprint density at radius 1 is 1.47 bits per heavy atom. The zero-order chi connectivity index (χ0) is 12.5. The molecule has 0 aromatic carbocycles. The van der Waals surface area contributed by atoms with Gasteiger partial charge in [-0.3, -0.25) is 9.71 Å². The van der Waals surface area contributed by atoms with Crippen LogP contribution in [0.2, 0.25) is 0 Å². The third kappa shape index (κ3) is 3.43. The van der Waals surface area contributed by atoms with Crippen LogP contribution in [-0.4, -0.2) is 19.2 Å². The van der Waals surface area contributed by atoms with Crippen LogP contribution < -0.4 is 4.72 Å². The second-order valence-electron chi connectivity index (χ2n) is 5.01. The van der Waals surface area contributed by atoms with Crippen LogP contribution in [0, 0.1) is 5.92 Å². The van der Waals surface area contributed by atoms with E-state index in [1.54, 1.807) is 18.5 Å². The third-order valence-corrected chi connectivity index (χ3v) is 4.32. The van der Waals surface area contributed by atoms with Gasteiger partial charge in [-0.25, -0.2) is 8.42 Å². The first kappa shape index (κ1) is 12.4. The molecule has 1 aromatic rings. The SMILES string of the molecule is CC(C)CS(=O)(=O)Nc1ccncc1C1CC1. The van der Waals surface area contributed by atoms with Gasteiger partial charge >= 0.3 is 0 Å². The largest absolute Gasteiger partial charge is 0.283 e. The molecule has 0 radical (unpaired) electrons. The maximum Gasteiger partial charge on any atom is 0.232 e. The molecule has 1 fully saturated rings. The van der Waals surface area contributed by atoms with Crippen molar-refractivity contribution in [1.82, 2.24) is 4.98 Å². The maximum atomic E-state index is 11.9. The van der Waals surface area contributed by atoms with E-state index in [1.807, 2.05) is 13.8 Å². The molecule has 1 saturated carbocycles. The molecule has 17 heavy (non-hydrogen) atoms. The standard InChI is InChI=1S/C12H18N2O2S/c1-9(2)8-17(15,16)14-12-5-6-13-7-11(12)10-3-4-10/h5-7,9-10H,3-4,8H2,1-2H3,(H,13,14). The van der Waals surface area contributed by atoms with Gasteiger partial charge in [-0.05, 0) is 36.3 Å². The minimum atomic E-state index is -3.24. The van der Waals surface area contributed by atoms with Crippen LogP contribution in [0.4, 0.5) is 5.69 Å². The van der Waals surface area contributed by atoms with E-state index in [0.29, 0.717) is 11.6 Å². The number of aromatic nitrogens is 1. The van der Waals surface area contributed by atoms with E-state index in [4.69, 9.17) is 0 Å². The van der Waals surface area contributed by atoms with Gasteiger partial charge in [0.05, 0.1) is 11.4 Å². The van der Waals surface area contributed by atoms with E-state index in [0.717, 1.165) is 18.4 Å². The molecule has 1 aromatic heterocycles. The first-order valence-electron chi connectivity index (χ1n) is 5.92. The molecule has 1 N–H and O–H groups in total. The summed E-state index contributed by atoms with van der Waals surface area (Å²) in [6.07, 6.45) is 5.65. The van der Waals surface area contributed by atoms with Gasteiger partial charge in [-0.2, -0.15) is 0 Å². The smallest absolute Gasteiger partial charge is 0.232 e. The van der Waals surface area contributed by atoms with Crippen molar-refractivity contribution in [3.63, 3.8) is 0 Å². The fraction of sp³-hybridized carbons (Fsp3) is 0.583. The predicted octanol–water partition coefficient (Wildman–Crippen LogP) is 2.36. The van der Waals surface area contributed by atoms with Crippen LogP contribution in [0.15, 0.2) is 18.5 Å². The molecule has 0 aliphatic heterocycles. The predicted molar refractivity (Wildman–Crippen MR) is 68.5 cm³/mol. The normalized spacial score (nSPS) is 16.2. The van der Waals surface area contributed by atoms with Crippen molar-refractivity contribution in [2.75, 3.05) is 10.5 Å². The molecule has 0 atom stereocenters. The van der Waals surface area contributed by atoms with Gasteiger partial charge < -0.3 is 0 Å². The molecule has 94 valence electrons. The number of pyridine rings is 1. The summed E-state index contributed by atoms with van der Waals surface area (Å²) >= 11 is 0. The van der Waals surface area contributed by atoms with Crippen LogP contribution in [0.3, 0.4) is 0 Å². The molecule has 0 amide bonds. The molecule has 2 rings (SSSR count). The van der Waals surface area contributed by atoms with E-state index < -0.39 is 10.0 Å². The Kier molecular flexibility index (Phi) is 3.38. The lowest BCUT2D eigenvalue weighted by Crippen LogP contribution is -2.20. The number of anilines is 1. The fourth-order valence-electron chi connectivity index (χ4n) is 1.87. The van der Waals surface area contributed by atoms with Gasteiger partial charge in [-0.1, -0.05) is 13.8 Å². The summed E-state index contributed by atoms with van der Waals surface area (Å²) in [5, 5.41) is 0. The lowest BCUT2D eigenvalue weighted by molar-refractivity contribution is 0.587. The first-order chi connectivity index (χ1) is 7.98. The monoisotopic (exact) mass is 254 g/mol. The minimum Gasteiger partial charge on any atom is -0.283 e. The quantitative estimate of drug-likeness (QED) is 0.877. The van der Waals surface area contributed by atoms with E-state index in [2.05, 4.69) is 9.71 Å². The third-order valence-electron chi connectivity index (χ3n) is 2.69. The molecule has 1 aliphatic carbocycles. The van der Waals surface area contributed by atoms with E-state index in [9.17, 15) is 8.42 Å². The fourth-order valence-corrected chi connectivity index (χ4v) is 3.35. The Balaban J connectivity index is 2.18. The Morgan fingerprint density at radius 3 is 2.76 bits per heavy atom. The maximum absolute atomic E-state index is 11.9. The van der Waals surface area contributed by atoms with Gasteiger partial charge in [0.1, 0.15) is 0 Å². The number of sulfonamides is 1. The van der Waals surface area contributed by atoms with Gasteiger partial charge in [0.25, 0.3) is 0 Å². The van der Waals surface area contributed by atoms with Crippen LogP contribution in [-0.2, 0) is 10.0 Å². The summed E-state index contributed by atoms with van der Waals surface area (Å²) < 4.78 is 26.4. The summed E-state index contributed by atoms with van der Waals surface area (Å²) in [7, 11) is -3.24. The van der Waals surface area contributed by atoms with E-state index >= 15 is 0 Å². The van der Waals surface area contributed by atoms with E-state index in [-0.39, 0.29) is 11.7 Å². The van der Waals surface area contributed by atoms with Crippen molar-refractivity contribution in [2.45, 2.75) is 32.6 Å². The summed E-state index contributed by atoms with van der Waals surface area (Å²) in [6, 6.07) is 1.74. The summed E-state index contributed by atoms with van der Waals surface area (Å²) in [5.41, 5.74) is 1.72. The van der Waals surface area contributed by atoms with Crippen molar-refractivity contribution in [3.05, 3.63) is 24.0 Å². The highest BCUT2D eigenvalue weighted by molar-refractivity contribution is 7.92. The Hall–Kier alpha value is -1.10. The van der Waals surface area contributed by atoms with Crippen LogP contribution >= 0.6 is 0 Å². The molecule has 1 heterocycles. The molecule has 1 aliphatic rings. The topological polar surface area (TPSA) is 59.1 Å². The van der Waals surface area contributed by atoms with Crippen LogP contribution in [0.25, 0.3) is 0 Å². The number of hydrogen-bond donors (Lipinski definition) is 1. The lowest BCUT2D eigenvalue weighted by atomic mass is 10.1. The number of hydrogen-bond acceptors (Lipinski definition) is 3. The summed E-state index contributed by atoms with van der Waals surface area (Å²) in [6.45, 7) is 3.79. The van der Waals surface area contributed by atoms with Gasteiger partial charge in [0, 0.05) is 12.4 Å². The molecular weight excluding hydrogens is 236 g/mol. The molecule has 5 heteroatoms. The minimum absolute atomic E-state index is 0.124. The van der Waals surface area contributed by atoms with Crippen molar-refractivity contribution in [3.8, 4) is 0 Å². The van der Waals surface area contributed by atoms with Gasteiger partial charge in [-0.15, -0.1) is 0 Å². The molecule has 0 spiro atoms. The Bertz CT molecular complexity index is 493. The summed E-state index contributed by atoms with van der Waals surface area (Å²) in [4.78, 5) is 4.06. The number of nitrogens with one attached hydrogen (secondary N) is 1. The molecular formula is C12H18N2O2S. The second-order valence-corrected chi connectivity index (χ2v) is 6.78. The van der Waals surface area contributed by atoms with Gasteiger partial charge in [0.2, 0.25) is 10.0 Å². The average molecular weight is 254 g/mol. The zero-order valence-corrected chi connectivity index (χ0v) is 11.0. The molecule has 0 bridgehead atoms. The van der Waals surface area contributed by atoms with Crippen molar-refractivity contribution < 1.29 is 8.42 Å². The molecule has 0 unspecified atom stereocenters. The number of rotatable bonds is 5. The second kappa shape index (κ2) is 4.64. The van der Waals surface area contributed by atoms with Crippen LogP contribution in [0.1, 0.15) is 38.2 Å². The van der Waals surface area contributed by atoms with Crippen molar-refractivity contribution >= 4 is 15.7 Å². The zero-order valence-electron chi connectivity index (χ0n) is 10.2. The van der Waals surface area contributed by atoms with Crippen molar-refractivity contribution in [1.29, 1.82) is 0 Å². The first-order valence-corrected chi connectivity index (χ1v) is 7.57. The Morgan fingerprint density at radius 2 is 2.18 bits per heavy atom. The lowest BCUT2D eigenvalue weighted by Gasteiger charge is -2.12. The van der Waals surface area contributed by atoms with E-state index in [1.165, 1.54) is 0 Å². The average Bonchev–Trinajstić information content (AvgIpc) is 2.98. The molecule has 4 nitrogen and oxygen atoms in total. The highest BCUT2D eigenvalue weighted by atomic mass is 32.2. The highest BCUT2D eigenvalue weighted by Crippen LogP contribution is 2.43.